The zero-order valence-corrected chi connectivity index (χ0v) is 12.3. The van der Waals surface area contributed by atoms with Crippen molar-refractivity contribution in [2.24, 2.45) is 5.92 Å². The monoisotopic (exact) mass is 287 g/mol. The summed E-state index contributed by atoms with van der Waals surface area (Å²) in [5.41, 5.74) is 1.70. The molecule has 0 radical (unpaired) electrons. The van der Waals surface area contributed by atoms with E-state index in [2.05, 4.69) is 23.6 Å². The highest BCUT2D eigenvalue weighted by Gasteiger charge is 2.33. The number of anilines is 1. The van der Waals surface area contributed by atoms with E-state index in [1.54, 1.807) is 0 Å². The molecular formula is C16H21N3O2. The summed E-state index contributed by atoms with van der Waals surface area (Å²) in [6.07, 6.45) is 1.42. The number of carbonyl (C=O) groups is 1. The maximum Gasteiger partial charge on any atom is 0.231 e. The molecule has 0 aromatic heterocycles. The molecule has 2 unspecified atom stereocenters. The molecule has 1 aliphatic rings. The van der Waals surface area contributed by atoms with Gasteiger partial charge in [-0.25, -0.2) is 0 Å². The highest BCUT2D eigenvalue weighted by Crippen LogP contribution is 2.17. The number of hydrogen-bond acceptors (Lipinski definition) is 4. The quantitative estimate of drug-likeness (QED) is 0.835. The highest BCUT2D eigenvalue weighted by molar-refractivity contribution is 5.93. The Morgan fingerprint density at radius 2 is 2.14 bits per heavy atom. The number of nitrogens with zero attached hydrogens (tertiary/aromatic N) is 1. The summed E-state index contributed by atoms with van der Waals surface area (Å²) in [6, 6.07) is 9.56. The predicted octanol–water partition coefficient (Wildman–Crippen LogP) is 1.71. The Morgan fingerprint density at radius 3 is 2.81 bits per heavy atom. The first-order valence-electron chi connectivity index (χ1n) is 7.32. The standard InChI is InChI=1S/C16H21N3O2/c1-2-9-18-15-11-21-10-14(15)16(20)19-13-5-3-12(4-6-13)7-8-17/h3-6,14-15,18H,2,7,9-11H2,1H3,(H,19,20). The maximum absolute atomic E-state index is 12.3. The van der Waals surface area contributed by atoms with Crippen molar-refractivity contribution < 1.29 is 9.53 Å². The first kappa shape index (κ1) is 15.5. The second-order valence-corrected chi connectivity index (χ2v) is 5.23. The van der Waals surface area contributed by atoms with Gasteiger partial charge in [-0.2, -0.15) is 5.26 Å². The van der Waals surface area contributed by atoms with Gasteiger partial charge in [-0.15, -0.1) is 0 Å². The summed E-state index contributed by atoms with van der Waals surface area (Å²) in [4.78, 5) is 12.3. The van der Waals surface area contributed by atoms with Gasteiger partial charge in [-0.3, -0.25) is 4.79 Å². The van der Waals surface area contributed by atoms with Crippen LogP contribution in [0.15, 0.2) is 24.3 Å². The van der Waals surface area contributed by atoms with Crippen molar-refractivity contribution in [3.8, 4) is 6.07 Å². The summed E-state index contributed by atoms with van der Waals surface area (Å²) >= 11 is 0. The summed E-state index contributed by atoms with van der Waals surface area (Å²) in [5.74, 6) is -0.176. The first-order valence-corrected chi connectivity index (χ1v) is 7.32. The zero-order chi connectivity index (χ0) is 15.1. The molecule has 112 valence electrons. The van der Waals surface area contributed by atoms with Crippen molar-refractivity contribution >= 4 is 11.6 Å². The largest absolute Gasteiger partial charge is 0.379 e. The molecule has 1 aliphatic heterocycles. The van der Waals surface area contributed by atoms with Crippen LogP contribution >= 0.6 is 0 Å². The Labute approximate surface area is 125 Å². The number of nitriles is 1. The van der Waals surface area contributed by atoms with Crippen molar-refractivity contribution in [2.75, 3.05) is 25.1 Å². The van der Waals surface area contributed by atoms with Crippen molar-refractivity contribution in [1.29, 1.82) is 5.26 Å². The number of carbonyl (C=O) groups excluding carboxylic acids is 1. The van der Waals surface area contributed by atoms with E-state index in [9.17, 15) is 4.79 Å². The van der Waals surface area contributed by atoms with Crippen LogP contribution in [-0.4, -0.2) is 31.7 Å². The van der Waals surface area contributed by atoms with E-state index >= 15 is 0 Å². The van der Waals surface area contributed by atoms with Gasteiger partial charge >= 0.3 is 0 Å². The van der Waals surface area contributed by atoms with Crippen molar-refractivity contribution in [1.82, 2.24) is 5.32 Å². The van der Waals surface area contributed by atoms with Crippen LogP contribution in [0.4, 0.5) is 5.69 Å². The van der Waals surface area contributed by atoms with E-state index in [1.807, 2.05) is 24.3 Å². The van der Waals surface area contributed by atoms with Crippen LogP contribution in [0.25, 0.3) is 0 Å². The summed E-state index contributed by atoms with van der Waals surface area (Å²) in [5, 5.41) is 14.9. The predicted molar refractivity (Wildman–Crippen MR) is 80.8 cm³/mol. The molecule has 1 fully saturated rings. The topological polar surface area (TPSA) is 74.2 Å². The molecular weight excluding hydrogens is 266 g/mol. The minimum Gasteiger partial charge on any atom is -0.379 e. The van der Waals surface area contributed by atoms with E-state index in [4.69, 9.17) is 10.00 Å². The van der Waals surface area contributed by atoms with Gasteiger partial charge in [0.2, 0.25) is 5.91 Å². The molecule has 0 saturated carbocycles. The average molecular weight is 287 g/mol. The van der Waals surface area contributed by atoms with Gasteiger partial charge in [-0.1, -0.05) is 19.1 Å². The number of rotatable bonds is 6. The summed E-state index contributed by atoms with van der Waals surface area (Å²) in [6.45, 7) is 4.03. The van der Waals surface area contributed by atoms with Crippen molar-refractivity contribution in [2.45, 2.75) is 25.8 Å². The van der Waals surface area contributed by atoms with Gasteiger partial charge in [0.25, 0.3) is 0 Å². The molecule has 2 N–H and O–H groups in total. The van der Waals surface area contributed by atoms with Crippen molar-refractivity contribution in [3.63, 3.8) is 0 Å². The van der Waals surface area contributed by atoms with Gasteiger partial charge in [0.05, 0.1) is 31.6 Å². The Morgan fingerprint density at radius 1 is 1.38 bits per heavy atom. The summed E-state index contributed by atoms with van der Waals surface area (Å²) < 4.78 is 5.42. The number of nitrogens with one attached hydrogen (secondary N) is 2. The number of ether oxygens (including phenoxy) is 1. The maximum atomic E-state index is 12.3. The normalized spacial score (nSPS) is 21.0. The summed E-state index contributed by atoms with van der Waals surface area (Å²) in [7, 11) is 0. The lowest BCUT2D eigenvalue weighted by molar-refractivity contribution is -0.120. The Hall–Kier alpha value is -1.90. The molecule has 2 rings (SSSR count). The number of benzene rings is 1. The third-order valence-electron chi connectivity index (χ3n) is 3.58. The zero-order valence-electron chi connectivity index (χ0n) is 12.3. The van der Waals surface area contributed by atoms with Crippen LogP contribution in [0.5, 0.6) is 0 Å². The third-order valence-corrected chi connectivity index (χ3v) is 3.58. The van der Waals surface area contributed by atoms with E-state index in [1.165, 1.54) is 0 Å². The first-order chi connectivity index (χ1) is 10.2. The molecule has 1 aromatic rings. The second kappa shape index (κ2) is 7.77. The highest BCUT2D eigenvalue weighted by atomic mass is 16.5. The lowest BCUT2D eigenvalue weighted by Crippen LogP contribution is -2.41. The minimum absolute atomic E-state index is 0.0193. The van der Waals surface area contributed by atoms with E-state index in [0.717, 1.165) is 24.2 Å². The molecule has 5 heteroatoms. The van der Waals surface area contributed by atoms with Crippen LogP contribution < -0.4 is 10.6 Å². The smallest absolute Gasteiger partial charge is 0.231 e. The van der Waals surface area contributed by atoms with E-state index in [-0.39, 0.29) is 17.9 Å². The molecule has 0 aliphatic carbocycles. The fourth-order valence-electron chi connectivity index (χ4n) is 2.38. The lowest BCUT2D eigenvalue weighted by atomic mass is 10.0. The van der Waals surface area contributed by atoms with Crippen molar-refractivity contribution in [3.05, 3.63) is 29.8 Å². The Kier molecular flexibility index (Phi) is 5.73. The average Bonchev–Trinajstić information content (AvgIpc) is 2.96. The molecule has 5 nitrogen and oxygen atoms in total. The fraction of sp³-hybridized carbons (Fsp3) is 0.500. The van der Waals surface area contributed by atoms with Gasteiger partial charge in [0.15, 0.2) is 0 Å². The second-order valence-electron chi connectivity index (χ2n) is 5.23. The van der Waals surface area contributed by atoms with Crippen LogP contribution in [0.3, 0.4) is 0 Å². The number of hydrogen-bond donors (Lipinski definition) is 2. The molecule has 2 atom stereocenters. The molecule has 0 bridgehead atoms. The Bertz CT molecular complexity index is 507. The number of amides is 1. The molecule has 1 amide bonds. The van der Waals surface area contributed by atoms with E-state index < -0.39 is 0 Å². The molecule has 1 saturated heterocycles. The minimum atomic E-state index is -0.157. The van der Waals surface area contributed by atoms with Gasteiger partial charge in [0.1, 0.15) is 0 Å². The third kappa shape index (κ3) is 4.28. The molecule has 0 spiro atoms. The lowest BCUT2D eigenvalue weighted by Gasteiger charge is -2.18. The van der Waals surface area contributed by atoms with Gasteiger partial charge in [-0.05, 0) is 30.7 Å². The SMILES string of the molecule is CCCNC1COCC1C(=O)Nc1ccc(CC#N)cc1. The molecule has 1 aromatic carbocycles. The van der Waals surface area contributed by atoms with E-state index in [0.29, 0.717) is 19.6 Å². The van der Waals surface area contributed by atoms with Crippen LogP contribution in [0, 0.1) is 17.2 Å². The fourth-order valence-corrected chi connectivity index (χ4v) is 2.38. The molecule has 21 heavy (non-hydrogen) atoms. The van der Waals surface area contributed by atoms with Gasteiger partial charge < -0.3 is 15.4 Å². The van der Waals surface area contributed by atoms with Crippen LogP contribution in [-0.2, 0) is 16.0 Å². The molecule has 1 heterocycles. The van der Waals surface area contributed by atoms with Crippen LogP contribution in [0.1, 0.15) is 18.9 Å². The van der Waals surface area contributed by atoms with Crippen LogP contribution in [0.2, 0.25) is 0 Å². The van der Waals surface area contributed by atoms with Gasteiger partial charge in [0, 0.05) is 11.7 Å². The Balaban J connectivity index is 1.92.